The molecule has 1 fully saturated rings. The molecule has 5 rings (SSSR count). The first kappa shape index (κ1) is 22.2. The van der Waals surface area contributed by atoms with Gasteiger partial charge in [0.2, 0.25) is 0 Å². The molecule has 8 nitrogen and oxygen atoms in total. The number of halogens is 3. The number of piperazine rings is 1. The van der Waals surface area contributed by atoms with Crippen molar-refractivity contribution in [2.24, 2.45) is 10.1 Å². The van der Waals surface area contributed by atoms with Gasteiger partial charge in [0.25, 0.3) is 0 Å². The number of aliphatic imine (C=N–C) groups is 1. The number of nitrogens with one attached hydrogen (secondary N) is 2. The first-order valence-corrected chi connectivity index (χ1v) is 10.8. The Balaban J connectivity index is 1.47. The molecule has 0 aliphatic carbocycles. The summed E-state index contributed by atoms with van der Waals surface area (Å²) >= 11 is 0. The van der Waals surface area contributed by atoms with Gasteiger partial charge in [-0.3, -0.25) is 4.90 Å². The summed E-state index contributed by atoms with van der Waals surface area (Å²) in [4.78, 5) is 15.3. The number of para-hydroxylation sites is 1. The molecule has 0 spiro atoms. The van der Waals surface area contributed by atoms with Crippen molar-refractivity contribution in [3.8, 4) is 11.6 Å². The maximum absolute atomic E-state index is 12.8. The number of aromatic amines is 1. The molecular weight excluding hydrogens is 451 g/mol. The summed E-state index contributed by atoms with van der Waals surface area (Å²) in [5.74, 6) is -0.638. The van der Waals surface area contributed by atoms with Crippen LogP contribution >= 0.6 is 0 Å². The predicted octanol–water partition coefficient (Wildman–Crippen LogP) is 3.53. The maximum atomic E-state index is 12.8. The van der Waals surface area contributed by atoms with Gasteiger partial charge in [0, 0.05) is 49.2 Å². The standard InChI is InChI=1S/C23H22F3N5O3/c24-23(25,26)34-14-5-6-18-16(13-14)19(22(32)29-18)21-20(15-3-1-2-4-17(15)28-21)30-33-12-11-31-9-7-27-8-10-31/h1-6,13,27,29,32H,7-12H2. The minimum absolute atomic E-state index is 0.225. The van der Waals surface area contributed by atoms with Crippen molar-refractivity contribution in [2.45, 2.75) is 6.36 Å². The van der Waals surface area contributed by atoms with Crippen molar-refractivity contribution in [2.75, 3.05) is 39.3 Å². The van der Waals surface area contributed by atoms with Crippen LogP contribution in [-0.2, 0) is 4.84 Å². The van der Waals surface area contributed by atoms with Gasteiger partial charge in [-0.25, -0.2) is 4.99 Å². The number of H-pyrrole nitrogens is 1. The summed E-state index contributed by atoms with van der Waals surface area (Å²) in [5, 5.41) is 18.6. The smallest absolute Gasteiger partial charge is 0.494 e. The summed E-state index contributed by atoms with van der Waals surface area (Å²) in [6.07, 6.45) is -4.84. The van der Waals surface area contributed by atoms with Crippen molar-refractivity contribution in [1.29, 1.82) is 0 Å². The Hall–Kier alpha value is -3.57. The van der Waals surface area contributed by atoms with Crippen LogP contribution in [0.2, 0.25) is 0 Å². The fourth-order valence-electron chi connectivity index (χ4n) is 4.15. The van der Waals surface area contributed by atoms with Gasteiger partial charge < -0.3 is 25.0 Å². The van der Waals surface area contributed by atoms with Crippen molar-refractivity contribution in [1.82, 2.24) is 15.2 Å². The van der Waals surface area contributed by atoms with E-state index in [1.165, 1.54) is 18.2 Å². The molecule has 1 aromatic heterocycles. The van der Waals surface area contributed by atoms with Gasteiger partial charge in [0.05, 0.1) is 11.3 Å². The second kappa shape index (κ2) is 8.99. The number of hydrogen-bond donors (Lipinski definition) is 3. The largest absolute Gasteiger partial charge is 0.573 e. The van der Waals surface area contributed by atoms with Crippen LogP contribution in [0.5, 0.6) is 11.6 Å². The molecule has 3 heterocycles. The topological polar surface area (TPSA) is 94.5 Å². The lowest BCUT2D eigenvalue weighted by Crippen LogP contribution is -2.44. The number of alkyl halides is 3. The first-order valence-electron chi connectivity index (χ1n) is 10.8. The van der Waals surface area contributed by atoms with E-state index in [0.29, 0.717) is 46.7 Å². The normalized spacial score (nSPS) is 17.7. The van der Waals surface area contributed by atoms with E-state index in [2.05, 4.69) is 30.1 Å². The van der Waals surface area contributed by atoms with Gasteiger partial charge in [-0.2, -0.15) is 0 Å². The van der Waals surface area contributed by atoms with E-state index in [1.54, 1.807) is 6.07 Å². The average Bonchev–Trinajstić information content (AvgIpc) is 3.32. The van der Waals surface area contributed by atoms with Gasteiger partial charge in [0.15, 0.2) is 5.88 Å². The molecule has 2 aromatic carbocycles. The van der Waals surface area contributed by atoms with Crippen molar-refractivity contribution >= 4 is 28.0 Å². The van der Waals surface area contributed by atoms with Gasteiger partial charge >= 0.3 is 6.36 Å². The second-order valence-corrected chi connectivity index (χ2v) is 7.95. The third-order valence-electron chi connectivity index (χ3n) is 5.70. The Kier molecular flexibility index (Phi) is 5.88. The third kappa shape index (κ3) is 4.57. The summed E-state index contributed by atoms with van der Waals surface area (Å²) in [6.45, 7) is 4.80. The zero-order valence-electron chi connectivity index (χ0n) is 18.0. The van der Waals surface area contributed by atoms with Gasteiger partial charge in [-0.05, 0) is 24.3 Å². The maximum Gasteiger partial charge on any atom is 0.573 e. The SMILES string of the molecule is Oc1[nH]c2ccc(OC(F)(F)F)cc2c1C1=Nc2ccccc2C1=NOCCN1CCNCC1. The van der Waals surface area contributed by atoms with E-state index in [0.717, 1.165) is 26.2 Å². The Morgan fingerprint density at radius 3 is 2.71 bits per heavy atom. The highest BCUT2D eigenvalue weighted by Gasteiger charge is 2.33. The minimum Gasteiger partial charge on any atom is -0.494 e. The van der Waals surface area contributed by atoms with Crippen molar-refractivity contribution in [3.05, 3.63) is 53.6 Å². The molecule has 0 unspecified atom stereocenters. The Bertz CT molecular complexity index is 1260. The monoisotopic (exact) mass is 473 g/mol. The van der Waals surface area contributed by atoms with Crippen LogP contribution in [0, 0.1) is 0 Å². The molecule has 2 aliphatic heterocycles. The highest BCUT2D eigenvalue weighted by atomic mass is 19.4. The molecule has 0 saturated carbocycles. The van der Waals surface area contributed by atoms with E-state index in [1.807, 2.05) is 18.2 Å². The lowest BCUT2D eigenvalue weighted by Gasteiger charge is -2.26. The molecule has 0 amide bonds. The quantitative estimate of drug-likeness (QED) is 0.376. The molecule has 0 radical (unpaired) electrons. The van der Waals surface area contributed by atoms with Crippen LogP contribution in [0.4, 0.5) is 18.9 Å². The van der Waals surface area contributed by atoms with E-state index in [-0.39, 0.29) is 11.4 Å². The molecule has 0 bridgehead atoms. The zero-order valence-corrected chi connectivity index (χ0v) is 18.0. The predicted molar refractivity (Wildman–Crippen MR) is 121 cm³/mol. The van der Waals surface area contributed by atoms with Crippen molar-refractivity contribution in [3.63, 3.8) is 0 Å². The van der Waals surface area contributed by atoms with Crippen LogP contribution in [-0.4, -0.2) is 72.1 Å². The lowest BCUT2D eigenvalue weighted by atomic mass is 10.0. The molecule has 11 heteroatoms. The third-order valence-corrected chi connectivity index (χ3v) is 5.70. The number of fused-ring (bicyclic) bond motifs is 2. The number of aromatic hydroxyl groups is 1. The van der Waals surface area contributed by atoms with Crippen molar-refractivity contribution < 1.29 is 27.9 Å². The number of oxime groups is 1. The summed E-state index contributed by atoms with van der Waals surface area (Å²) < 4.78 is 42.3. The molecule has 178 valence electrons. The number of nitrogens with zero attached hydrogens (tertiary/aromatic N) is 3. The summed E-state index contributed by atoms with van der Waals surface area (Å²) in [7, 11) is 0. The minimum atomic E-state index is -4.84. The number of hydrogen-bond acceptors (Lipinski definition) is 7. The highest BCUT2D eigenvalue weighted by Crippen LogP contribution is 2.37. The molecule has 34 heavy (non-hydrogen) atoms. The van der Waals surface area contributed by atoms with E-state index < -0.39 is 12.1 Å². The molecule has 3 aromatic rings. The molecule has 3 N–H and O–H groups in total. The van der Waals surface area contributed by atoms with Gasteiger partial charge in [-0.1, -0.05) is 23.4 Å². The van der Waals surface area contributed by atoms with Crippen LogP contribution < -0.4 is 10.1 Å². The zero-order chi connectivity index (χ0) is 23.7. The number of benzene rings is 2. The summed E-state index contributed by atoms with van der Waals surface area (Å²) in [5.41, 5.74) is 2.68. The molecule has 1 saturated heterocycles. The Morgan fingerprint density at radius 2 is 1.91 bits per heavy atom. The molecular formula is C23H22F3N5O3. The number of ether oxygens (including phenoxy) is 1. The van der Waals surface area contributed by atoms with E-state index in [9.17, 15) is 18.3 Å². The number of aromatic nitrogens is 1. The lowest BCUT2D eigenvalue weighted by molar-refractivity contribution is -0.274. The fraction of sp³-hybridized carbons (Fsp3) is 0.304. The second-order valence-electron chi connectivity index (χ2n) is 7.95. The van der Waals surface area contributed by atoms with Gasteiger partial charge in [-0.15, -0.1) is 13.2 Å². The van der Waals surface area contributed by atoms with Crippen LogP contribution in [0.3, 0.4) is 0 Å². The van der Waals surface area contributed by atoms with Crippen LogP contribution in [0.1, 0.15) is 11.1 Å². The first-order chi connectivity index (χ1) is 16.4. The fourth-order valence-corrected chi connectivity index (χ4v) is 4.15. The number of rotatable bonds is 6. The molecule has 0 atom stereocenters. The summed E-state index contributed by atoms with van der Waals surface area (Å²) in [6, 6.07) is 11.1. The Labute approximate surface area is 192 Å². The van der Waals surface area contributed by atoms with E-state index in [4.69, 9.17) is 4.84 Å². The van der Waals surface area contributed by atoms with Gasteiger partial charge in [0.1, 0.15) is 23.8 Å². The van der Waals surface area contributed by atoms with E-state index >= 15 is 0 Å². The Morgan fingerprint density at radius 1 is 1.12 bits per heavy atom. The highest BCUT2D eigenvalue weighted by molar-refractivity contribution is 6.58. The van der Waals surface area contributed by atoms with Crippen LogP contribution in [0.15, 0.2) is 52.6 Å². The van der Waals surface area contributed by atoms with Crippen LogP contribution in [0.25, 0.3) is 10.9 Å². The average molecular weight is 473 g/mol. The molecule has 2 aliphatic rings.